The van der Waals surface area contributed by atoms with Crippen LogP contribution in [-0.2, 0) is 4.79 Å². The minimum Gasteiger partial charge on any atom is -0.493 e. The van der Waals surface area contributed by atoms with Crippen molar-refractivity contribution in [1.82, 2.24) is 10.6 Å². The van der Waals surface area contributed by atoms with Crippen molar-refractivity contribution in [2.75, 3.05) is 26.2 Å². The number of nitrogens with one attached hydrogen (secondary N) is 2. The summed E-state index contributed by atoms with van der Waals surface area (Å²) < 4.78 is 18.1. The van der Waals surface area contributed by atoms with Gasteiger partial charge in [-0.1, -0.05) is 11.6 Å². The molecule has 1 aromatic rings. The van der Waals surface area contributed by atoms with Crippen LogP contribution < -0.4 is 15.4 Å². The molecular formula is C15H20ClFN2O2. The van der Waals surface area contributed by atoms with E-state index >= 15 is 0 Å². The summed E-state index contributed by atoms with van der Waals surface area (Å²) in [6.07, 6.45) is 3.38. The molecule has 0 bridgehead atoms. The molecule has 6 heteroatoms. The molecule has 2 rings (SSSR count). The van der Waals surface area contributed by atoms with Crippen LogP contribution in [0.4, 0.5) is 4.39 Å². The first kappa shape index (κ1) is 17.5. The largest absolute Gasteiger partial charge is 0.493 e. The van der Waals surface area contributed by atoms with Crippen molar-refractivity contribution in [2.24, 2.45) is 0 Å². The normalized spacial score (nSPS) is 13.9. The third-order valence-corrected chi connectivity index (χ3v) is 3.08. The highest BCUT2D eigenvalue weighted by Gasteiger charge is 2.06. The predicted molar refractivity (Wildman–Crippen MR) is 82.3 cm³/mol. The Hall–Kier alpha value is -1.59. The summed E-state index contributed by atoms with van der Waals surface area (Å²) in [6.45, 7) is 2.74. The summed E-state index contributed by atoms with van der Waals surface area (Å²) in [4.78, 5) is 11.6. The lowest BCUT2D eigenvalue weighted by atomic mass is 10.1. The summed E-state index contributed by atoms with van der Waals surface area (Å²) >= 11 is 0. The number of hydrogen-bond donors (Lipinski definition) is 2. The molecule has 0 saturated carbocycles. The van der Waals surface area contributed by atoms with Crippen LogP contribution in [0.3, 0.4) is 0 Å². The van der Waals surface area contributed by atoms with Gasteiger partial charge in [0.05, 0.1) is 13.0 Å². The molecule has 1 aliphatic heterocycles. The van der Waals surface area contributed by atoms with Gasteiger partial charge in [-0.05, 0) is 37.2 Å². The van der Waals surface area contributed by atoms with Gasteiger partial charge in [0, 0.05) is 13.1 Å². The van der Waals surface area contributed by atoms with Gasteiger partial charge < -0.3 is 15.4 Å². The number of halogens is 2. The number of amides is 1. The average Bonchev–Trinajstić information content (AvgIpc) is 2.48. The molecule has 0 aromatic heterocycles. The van der Waals surface area contributed by atoms with E-state index in [-0.39, 0.29) is 30.7 Å². The molecule has 1 aliphatic rings. The van der Waals surface area contributed by atoms with Gasteiger partial charge in [0.1, 0.15) is 11.6 Å². The van der Waals surface area contributed by atoms with Gasteiger partial charge in [-0.2, -0.15) is 0 Å². The average molecular weight is 315 g/mol. The Balaban J connectivity index is 0.00000220. The van der Waals surface area contributed by atoms with Crippen molar-refractivity contribution in [3.05, 3.63) is 41.7 Å². The van der Waals surface area contributed by atoms with E-state index in [1.807, 2.05) is 0 Å². The third-order valence-electron chi connectivity index (χ3n) is 3.08. The van der Waals surface area contributed by atoms with E-state index in [9.17, 15) is 9.18 Å². The molecule has 0 spiro atoms. The van der Waals surface area contributed by atoms with Crippen LogP contribution in [0, 0.1) is 5.82 Å². The zero-order valence-corrected chi connectivity index (χ0v) is 12.5. The minimum absolute atomic E-state index is 0. The van der Waals surface area contributed by atoms with Crippen LogP contribution >= 0.6 is 12.4 Å². The number of ether oxygens (including phenoxy) is 1. The van der Waals surface area contributed by atoms with E-state index < -0.39 is 0 Å². The molecule has 0 atom stereocenters. The van der Waals surface area contributed by atoms with Crippen molar-refractivity contribution in [2.45, 2.75) is 12.8 Å². The first-order valence-corrected chi connectivity index (χ1v) is 6.78. The standard InChI is InChI=1S/C15H19FN2O2.ClH/c16-13-1-3-14(4-2-13)20-10-7-15(19)18-11-12-5-8-17-9-6-12;/h1-5,17H,6-11H2,(H,18,19);1H. The van der Waals surface area contributed by atoms with Crippen molar-refractivity contribution in [3.63, 3.8) is 0 Å². The van der Waals surface area contributed by atoms with Gasteiger partial charge in [0.15, 0.2) is 0 Å². The lowest BCUT2D eigenvalue weighted by molar-refractivity contribution is -0.121. The zero-order valence-electron chi connectivity index (χ0n) is 11.7. The predicted octanol–water partition coefficient (Wildman–Crippen LogP) is 2.05. The first-order valence-electron chi connectivity index (χ1n) is 6.78. The van der Waals surface area contributed by atoms with E-state index in [4.69, 9.17) is 4.74 Å². The summed E-state index contributed by atoms with van der Waals surface area (Å²) in [7, 11) is 0. The lowest BCUT2D eigenvalue weighted by Crippen LogP contribution is -2.30. The summed E-state index contributed by atoms with van der Waals surface area (Å²) in [5.41, 5.74) is 1.26. The molecule has 0 fully saturated rings. The zero-order chi connectivity index (χ0) is 14.2. The summed E-state index contributed by atoms with van der Waals surface area (Å²) in [6, 6.07) is 5.76. The van der Waals surface area contributed by atoms with Gasteiger partial charge in [0.2, 0.25) is 5.91 Å². The fraction of sp³-hybridized carbons (Fsp3) is 0.400. The highest BCUT2D eigenvalue weighted by atomic mass is 35.5. The SMILES string of the molecule is Cl.O=C(CCOc1ccc(F)cc1)NCC1=CCNCC1. The molecular weight excluding hydrogens is 295 g/mol. The molecule has 1 amide bonds. The first-order chi connectivity index (χ1) is 9.74. The van der Waals surface area contributed by atoms with Gasteiger partial charge in [-0.25, -0.2) is 4.39 Å². The van der Waals surface area contributed by atoms with Crippen LogP contribution in [0.15, 0.2) is 35.9 Å². The van der Waals surface area contributed by atoms with E-state index in [1.54, 1.807) is 12.1 Å². The Kier molecular flexibility index (Phi) is 7.79. The van der Waals surface area contributed by atoms with Crippen LogP contribution in [0.5, 0.6) is 5.75 Å². The van der Waals surface area contributed by atoms with Crippen molar-refractivity contribution in [1.29, 1.82) is 0 Å². The second-order valence-electron chi connectivity index (χ2n) is 4.65. The maximum Gasteiger partial charge on any atom is 0.223 e. The molecule has 21 heavy (non-hydrogen) atoms. The minimum atomic E-state index is -0.301. The van der Waals surface area contributed by atoms with Crippen molar-refractivity contribution in [3.8, 4) is 5.75 Å². The van der Waals surface area contributed by atoms with E-state index in [1.165, 1.54) is 17.7 Å². The van der Waals surface area contributed by atoms with Gasteiger partial charge in [-0.3, -0.25) is 4.79 Å². The van der Waals surface area contributed by atoms with E-state index in [2.05, 4.69) is 16.7 Å². The number of rotatable bonds is 6. The highest BCUT2D eigenvalue weighted by molar-refractivity contribution is 5.85. The Bertz CT molecular complexity index is 477. The van der Waals surface area contributed by atoms with Gasteiger partial charge in [-0.15, -0.1) is 12.4 Å². The molecule has 0 unspecified atom stereocenters. The quantitative estimate of drug-likeness (QED) is 0.790. The molecule has 4 nitrogen and oxygen atoms in total. The monoisotopic (exact) mass is 314 g/mol. The summed E-state index contributed by atoms with van der Waals surface area (Å²) in [5, 5.41) is 6.10. The van der Waals surface area contributed by atoms with Crippen LogP contribution in [0.2, 0.25) is 0 Å². The number of benzene rings is 1. The number of carbonyl (C=O) groups excluding carboxylic acids is 1. The van der Waals surface area contributed by atoms with E-state index in [0.29, 0.717) is 18.7 Å². The molecule has 1 aromatic carbocycles. The Morgan fingerprint density at radius 3 is 2.76 bits per heavy atom. The molecule has 116 valence electrons. The van der Waals surface area contributed by atoms with Gasteiger partial charge >= 0.3 is 0 Å². The molecule has 2 N–H and O–H groups in total. The lowest BCUT2D eigenvalue weighted by Gasteiger charge is -2.14. The van der Waals surface area contributed by atoms with Crippen LogP contribution in [0.25, 0.3) is 0 Å². The third kappa shape index (κ3) is 6.60. The molecule has 0 saturated heterocycles. The number of hydrogen-bond acceptors (Lipinski definition) is 3. The Morgan fingerprint density at radius 1 is 1.33 bits per heavy atom. The Labute approximate surface area is 130 Å². The summed E-state index contributed by atoms with van der Waals surface area (Å²) in [5.74, 6) is 0.233. The van der Waals surface area contributed by atoms with Crippen LogP contribution in [0.1, 0.15) is 12.8 Å². The van der Waals surface area contributed by atoms with Crippen LogP contribution in [-0.4, -0.2) is 32.1 Å². The molecule has 1 heterocycles. The Morgan fingerprint density at radius 2 is 2.10 bits per heavy atom. The van der Waals surface area contributed by atoms with Crippen molar-refractivity contribution >= 4 is 18.3 Å². The van der Waals surface area contributed by atoms with Gasteiger partial charge in [0.25, 0.3) is 0 Å². The topological polar surface area (TPSA) is 50.4 Å². The fourth-order valence-corrected chi connectivity index (χ4v) is 1.92. The smallest absolute Gasteiger partial charge is 0.223 e. The van der Waals surface area contributed by atoms with E-state index in [0.717, 1.165) is 19.5 Å². The number of carbonyl (C=O) groups is 1. The molecule has 0 radical (unpaired) electrons. The highest BCUT2D eigenvalue weighted by Crippen LogP contribution is 2.11. The maximum atomic E-state index is 12.7. The second-order valence-corrected chi connectivity index (χ2v) is 4.65. The second kappa shape index (κ2) is 9.37. The molecule has 0 aliphatic carbocycles. The fourth-order valence-electron chi connectivity index (χ4n) is 1.92. The maximum absolute atomic E-state index is 12.7. The van der Waals surface area contributed by atoms with Crippen molar-refractivity contribution < 1.29 is 13.9 Å².